The molecule has 4 rings (SSSR count). The number of amides is 1. The largest absolute Gasteiger partial charge is 0.340 e. The number of piperidine rings is 1. The number of likely N-dealkylation sites (tertiary alicyclic amines) is 1. The van der Waals surface area contributed by atoms with Crippen LogP contribution in [0.1, 0.15) is 52.1 Å². The highest BCUT2D eigenvalue weighted by Crippen LogP contribution is 2.33. The van der Waals surface area contributed by atoms with E-state index in [0.29, 0.717) is 51.7 Å². The predicted octanol–water partition coefficient (Wildman–Crippen LogP) is 4.35. The summed E-state index contributed by atoms with van der Waals surface area (Å²) in [7, 11) is 0. The second-order valence-corrected chi connectivity index (χ2v) is 8.69. The maximum Gasteiger partial charge on any atom is 0.255 e. The van der Waals surface area contributed by atoms with Crippen LogP contribution >= 0.6 is 22.9 Å². The number of pyridine rings is 1. The maximum absolute atomic E-state index is 13.1. The van der Waals surface area contributed by atoms with E-state index in [4.69, 9.17) is 16.1 Å². The number of thiophene rings is 1. The zero-order chi connectivity index (χ0) is 20.5. The Kier molecular flexibility index (Phi) is 5.35. The van der Waals surface area contributed by atoms with Crippen molar-refractivity contribution in [3.8, 4) is 16.6 Å². The quantitative estimate of drug-likeness (QED) is 0.616. The van der Waals surface area contributed by atoms with Gasteiger partial charge in [-0.15, -0.1) is 11.3 Å². The van der Waals surface area contributed by atoms with Gasteiger partial charge >= 0.3 is 0 Å². The number of aryl methyl sites for hydroxylation is 2. The van der Waals surface area contributed by atoms with Crippen LogP contribution in [0.5, 0.6) is 0 Å². The molecule has 148 valence electrons. The number of aromatic nitrogens is 3. The molecule has 1 amide bonds. The third-order valence-electron chi connectivity index (χ3n) is 5.06. The second kappa shape index (κ2) is 7.93. The van der Waals surface area contributed by atoms with Gasteiger partial charge in [-0.2, -0.15) is 10.2 Å². The zero-order valence-corrected chi connectivity index (χ0v) is 17.5. The normalized spacial score (nSPS) is 14.8. The van der Waals surface area contributed by atoms with Crippen molar-refractivity contribution in [2.75, 3.05) is 13.1 Å². The zero-order valence-electron chi connectivity index (χ0n) is 16.0. The lowest BCUT2D eigenvalue weighted by Crippen LogP contribution is -2.38. The fourth-order valence-corrected chi connectivity index (χ4v) is 4.58. The first-order valence-corrected chi connectivity index (χ1v) is 10.4. The van der Waals surface area contributed by atoms with Gasteiger partial charge < -0.3 is 9.42 Å². The van der Waals surface area contributed by atoms with Crippen molar-refractivity contribution in [2.45, 2.75) is 32.6 Å². The minimum Gasteiger partial charge on any atom is -0.340 e. The summed E-state index contributed by atoms with van der Waals surface area (Å²) in [6, 6.07) is 7.41. The molecule has 4 heterocycles. The number of carbonyl (C=O) groups excluding carboxylic acids is 1. The summed E-state index contributed by atoms with van der Waals surface area (Å²) >= 11 is 7.38. The van der Waals surface area contributed by atoms with Crippen molar-refractivity contribution in [1.29, 1.82) is 5.26 Å². The molecule has 1 aliphatic heterocycles. The monoisotopic (exact) mass is 427 g/mol. The van der Waals surface area contributed by atoms with Gasteiger partial charge in [0.05, 0.1) is 31.7 Å². The van der Waals surface area contributed by atoms with E-state index in [-0.39, 0.29) is 11.8 Å². The van der Waals surface area contributed by atoms with Crippen LogP contribution in [0.3, 0.4) is 0 Å². The van der Waals surface area contributed by atoms with Crippen LogP contribution in [-0.4, -0.2) is 39.0 Å². The highest BCUT2D eigenvalue weighted by Gasteiger charge is 2.28. The molecule has 0 saturated carbocycles. The number of hydrogen-bond acceptors (Lipinski definition) is 7. The molecular formula is C20H18ClN5O2S. The number of rotatable bonds is 3. The minimum absolute atomic E-state index is 0.106. The summed E-state index contributed by atoms with van der Waals surface area (Å²) in [5.41, 5.74) is 1.99. The van der Waals surface area contributed by atoms with E-state index in [1.165, 1.54) is 11.3 Å². The number of halogens is 1. The molecule has 0 aliphatic carbocycles. The lowest BCUT2D eigenvalue weighted by Gasteiger charge is -2.31. The molecule has 1 aliphatic rings. The molecule has 1 fully saturated rings. The number of nitriles is 1. The Morgan fingerprint density at radius 2 is 2.07 bits per heavy atom. The van der Waals surface area contributed by atoms with Crippen LogP contribution in [0.25, 0.3) is 10.6 Å². The van der Waals surface area contributed by atoms with Gasteiger partial charge in [0.25, 0.3) is 5.91 Å². The molecule has 3 aromatic heterocycles. The number of carbonyl (C=O) groups is 1. The molecule has 0 spiro atoms. The molecule has 1 saturated heterocycles. The van der Waals surface area contributed by atoms with Gasteiger partial charge in [0.1, 0.15) is 6.07 Å². The van der Waals surface area contributed by atoms with Gasteiger partial charge in [0.2, 0.25) is 5.89 Å². The summed E-state index contributed by atoms with van der Waals surface area (Å²) < 4.78 is 5.69. The van der Waals surface area contributed by atoms with Crippen molar-refractivity contribution in [1.82, 2.24) is 20.0 Å². The third kappa shape index (κ3) is 3.88. The molecule has 0 aromatic carbocycles. The Balaban J connectivity index is 1.54. The number of hydrogen-bond donors (Lipinski definition) is 0. The van der Waals surface area contributed by atoms with E-state index in [9.17, 15) is 10.1 Å². The molecule has 0 unspecified atom stereocenters. The summed E-state index contributed by atoms with van der Waals surface area (Å²) in [6.07, 6.45) is 1.54. The maximum atomic E-state index is 13.1. The van der Waals surface area contributed by atoms with E-state index in [2.05, 4.69) is 21.2 Å². The van der Waals surface area contributed by atoms with Crippen LogP contribution in [-0.2, 0) is 0 Å². The summed E-state index contributed by atoms with van der Waals surface area (Å²) in [5.74, 6) is 1.34. The summed E-state index contributed by atoms with van der Waals surface area (Å²) in [4.78, 5) is 24.6. The SMILES string of the molecule is Cc1nc(C2CCN(C(=O)c3cc(C#N)c(-c4ccc(Cl)s4)nc3C)CC2)no1. The Morgan fingerprint density at radius 1 is 1.31 bits per heavy atom. The van der Waals surface area contributed by atoms with Crippen molar-refractivity contribution in [3.05, 3.63) is 51.1 Å². The topological polar surface area (TPSA) is 95.9 Å². The predicted molar refractivity (Wildman–Crippen MR) is 109 cm³/mol. The first kappa shape index (κ1) is 19.6. The van der Waals surface area contributed by atoms with Gasteiger partial charge in [-0.05, 0) is 38.0 Å². The van der Waals surface area contributed by atoms with Crippen molar-refractivity contribution in [2.24, 2.45) is 0 Å². The molecule has 0 atom stereocenters. The van der Waals surface area contributed by atoms with Crippen LogP contribution in [0.15, 0.2) is 22.7 Å². The van der Waals surface area contributed by atoms with Crippen molar-refractivity contribution >= 4 is 28.8 Å². The second-order valence-electron chi connectivity index (χ2n) is 6.97. The molecule has 7 nitrogen and oxygen atoms in total. The molecule has 29 heavy (non-hydrogen) atoms. The van der Waals surface area contributed by atoms with Crippen LogP contribution < -0.4 is 0 Å². The van der Waals surface area contributed by atoms with Crippen LogP contribution in [0.2, 0.25) is 4.34 Å². The molecule has 9 heteroatoms. The minimum atomic E-state index is -0.106. The highest BCUT2D eigenvalue weighted by molar-refractivity contribution is 7.19. The first-order chi connectivity index (χ1) is 14.0. The smallest absolute Gasteiger partial charge is 0.255 e. The molecule has 0 N–H and O–H groups in total. The Labute approximate surface area is 176 Å². The molecular weight excluding hydrogens is 410 g/mol. The molecule has 0 bridgehead atoms. The van der Waals surface area contributed by atoms with Crippen LogP contribution in [0, 0.1) is 25.2 Å². The average molecular weight is 428 g/mol. The first-order valence-electron chi connectivity index (χ1n) is 9.23. The van der Waals surface area contributed by atoms with E-state index in [1.807, 2.05) is 6.07 Å². The van der Waals surface area contributed by atoms with Gasteiger partial charge in [0, 0.05) is 25.9 Å². The van der Waals surface area contributed by atoms with E-state index in [0.717, 1.165) is 17.7 Å². The summed E-state index contributed by atoms with van der Waals surface area (Å²) in [5, 5.41) is 13.6. The van der Waals surface area contributed by atoms with Crippen molar-refractivity contribution in [3.63, 3.8) is 0 Å². The standard InChI is InChI=1S/C20H18ClN5O2S/c1-11-15(9-14(10-22)18(23-11)16-3-4-17(21)29-16)20(27)26-7-5-13(6-8-26)19-24-12(2)28-25-19/h3-4,9,13H,5-8H2,1-2H3. The van der Waals surface area contributed by atoms with Crippen molar-refractivity contribution < 1.29 is 9.32 Å². The Morgan fingerprint density at radius 3 is 2.66 bits per heavy atom. The third-order valence-corrected chi connectivity index (χ3v) is 6.30. The molecule has 3 aromatic rings. The van der Waals surface area contributed by atoms with Gasteiger partial charge in [-0.25, -0.2) is 0 Å². The fraction of sp³-hybridized carbons (Fsp3) is 0.350. The highest BCUT2D eigenvalue weighted by atomic mass is 35.5. The van der Waals surface area contributed by atoms with Gasteiger partial charge in [-0.1, -0.05) is 16.8 Å². The van der Waals surface area contributed by atoms with Gasteiger partial charge in [0.15, 0.2) is 5.82 Å². The number of nitrogens with zero attached hydrogens (tertiary/aromatic N) is 5. The van der Waals surface area contributed by atoms with E-state index >= 15 is 0 Å². The average Bonchev–Trinajstić information content (AvgIpc) is 3.35. The Hall–Kier alpha value is -2.76. The summed E-state index contributed by atoms with van der Waals surface area (Å²) in [6.45, 7) is 4.76. The van der Waals surface area contributed by atoms with E-state index in [1.54, 1.807) is 30.9 Å². The Bertz CT molecular complexity index is 1110. The fourth-order valence-electron chi connectivity index (χ4n) is 3.53. The van der Waals surface area contributed by atoms with Crippen LogP contribution in [0.4, 0.5) is 0 Å². The van der Waals surface area contributed by atoms with Gasteiger partial charge in [-0.3, -0.25) is 9.78 Å². The lowest BCUT2D eigenvalue weighted by atomic mass is 9.95. The lowest BCUT2D eigenvalue weighted by molar-refractivity contribution is 0.0709. The van der Waals surface area contributed by atoms with E-state index < -0.39 is 0 Å². The molecule has 0 radical (unpaired) electrons.